The second-order valence-electron chi connectivity index (χ2n) is 6.62. The molecular weight excluding hydrogens is 204 g/mol. The Morgan fingerprint density at radius 2 is 1.47 bits per heavy atom. The largest absolute Gasteiger partial charge is 0.0848 e. The van der Waals surface area contributed by atoms with Gasteiger partial charge >= 0.3 is 0 Å². The van der Waals surface area contributed by atoms with Crippen LogP contribution in [0.25, 0.3) is 0 Å². The van der Waals surface area contributed by atoms with Gasteiger partial charge in [-0.2, -0.15) is 0 Å². The molecule has 17 heavy (non-hydrogen) atoms. The Hall–Kier alpha value is -0.260. The SMILES string of the molecule is CCC(C)(C)C(C)=CCC(C)C(C)(CC)CC. The fraction of sp³-hybridized carbons (Fsp3) is 0.882. The predicted octanol–water partition coefficient (Wildman–Crippen LogP) is 6.22. The lowest BCUT2D eigenvalue weighted by Crippen LogP contribution is -2.23. The Morgan fingerprint density at radius 1 is 1.00 bits per heavy atom. The summed E-state index contributed by atoms with van der Waals surface area (Å²) in [5, 5.41) is 0. The summed E-state index contributed by atoms with van der Waals surface area (Å²) in [4.78, 5) is 0. The molecule has 0 amide bonds. The molecular formula is C17H34. The van der Waals surface area contributed by atoms with Gasteiger partial charge in [-0.3, -0.25) is 0 Å². The molecule has 0 aliphatic carbocycles. The zero-order chi connectivity index (χ0) is 13.7. The maximum atomic E-state index is 2.48. The predicted molar refractivity (Wildman–Crippen MR) is 80.3 cm³/mol. The van der Waals surface area contributed by atoms with Crippen molar-refractivity contribution in [2.75, 3.05) is 0 Å². The van der Waals surface area contributed by atoms with Crippen molar-refractivity contribution in [3.05, 3.63) is 11.6 Å². The van der Waals surface area contributed by atoms with E-state index in [4.69, 9.17) is 0 Å². The van der Waals surface area contributed by atoms with Gasteiger partial charge < -0.3 is 0 Å². The highest BCUT2D eigenvalue weighted by Crippen LogP contribution is 2.38. The normalized spacial score (nSPS) is 16.1. The quantitative estimate of drug-likeness (QED) is 0.462. The van der Waals surface area contributed by atoms with Crippen LogP contribution in [-0.4, -0.2) is 0 Å². The van der Waals surface area contributed by atoms with Crippen molar-refractivity contribution in [1.82, 2.24) is 0 Å². The second kappa shape index (κ2) is 6.61. The minimum absolute atomic E-state index is 0.370. The van der Waals surface area contributed by atoms with Gasteiger partial charge in [0.25, 0.3) is 0 Å². The Bertz CT molecular complexity index is 241. The summed E-state index contributed by atoms with van der Waals surface area (Å²) in [6, 6.07) is 0. The Kier molecular flexibility index (Phi) is 6.51. The van der Waals surface area contributed by atoms with Crippen LogP contribution in [0.2, 0.25) is 0 Å². The van der Waals surface area contributed by atoms with E-state index >= 15 is 0 Å². The summed E-state index contributed by atoms with van der Waals surface area (Å²) in [7, 11) is 0. The molecule has 1 atom stereocenters. The van der Waals surface area contributed by atoms with E-state index in [1.807, 2.05) is 0 Å². The molecule has 0 saturated carbocycles. The zero-order valence-electron chi connectivity index (χ0n) is 13.5. The van der Waals surface area contributed by atoms with Gasteiger partial charge in [0.05, 0.1) is 0 Å². The molecule has 0 fully saturated rings. The average Bonchev–Trinajstić information content (AvgIpc) is 2.33. The van der Waals surface area contributed by atoms with Gasteiger partial charge in [-0.05, 0) is 36.5 Å². The van der Waals surface area contributed by atoms with Crippen LogP contribution >= 0.6 is 0 Å². The van der Waals surface area contributed by atoms with Crippen LogP contribution in [0.5, 0.6) is 0 Å². The van der Waals surface area contributed by atoms with Crippen molar-refractivity contribution in [3.63, 3.8) is 0 Å². The Morgan fingerprint density at radius 3 is 1.82 bits per heavy atom. The summed E-state index contributed by atoms with van der Waals surface area (Å²) in [6.45, 7) is 18.8. The topological polar surface area (TPSA) is 0 Å². The molecule has 0 aromatic rings. The van der Waals surface area contributed by atoms with Crippen molar-refractivity contribution in [2.24, 2.45) is 16.7 Å². The van der Waals surface area contributed by atoms with Crippen molar-refractivity contribution in [2.45, 2.75) is 81.1 Å². The fourth-order valence-electron chi connectivity index (χ4n) is 2.14. The number of allylic oxidation sites excluding steroid dienone is 2. The Balaban J connectivity index is 4.61. The van der Waals surface area contributed by atoms with Gasteiger partial charge in [0.1, 0.15) is 0 Å². The molecule has 0 aromatic heterocycles. The van der Waals surface area contributed by atoms with E-state index < -0.39 is 0 Å². The van der Waals surface area contributed by atoms with E-state index in [1.165, 1.54) is 25.7 Å². The van der Waals surface area contributed by atoms with Crippen LogP contribution < -0.4 is 0 Å². The van der Waals surface area contributed by atoms with E-state index in [2.05, 4.69) is 61.5 Å². The third-order valence-corrected chi connectivity index (χ3v) is 5.53. The number of rotatable bonds is 7. The van der Waals surface area contributed by atoms with Gasteiger partial charge in [-0.15, -0.1) is 0 Å². The van der Waals surface area contributed by atoms with Crippen LogP contribution in [0.4, 0.5) is 0 Å². The molecule has 0 saturated heterocycles. The molecule has 0 aromatic carbocycles. The Labute approximate surface area is 110 Å². The minimum atomic E-state index is 0.370. The van der Waals surface area contributed by atoms with Crippen LogP contribution in [0.3, 0.4) is 0 Å². The maximum absolute atomic E-state index is 2.48. The van der Waals surface area contributed by atoms with Gasteiger partial charge in [0, 0.05) is 0 Å². The highest BCUT2D eigenvalue weighted by atomic mass is 14.3. The van der Waals surface area contributed by atoms with Crippen LogP contribution in [0.1, 0.15) is 81.1 Å². The molecule has 0 spiro atoms. The van der Waals surface area contributed by atoms with Crippen molar-refractivity contribution in [1.29, 1.82) is 0 Å². The summed E-state index contributed by atoms with van der Waals surface area (Å²) >= 11 is 0. The van der Waals surface area contributed by atoms with E-state index in [-0.39, 0.29) is 0 Å². The molecule has 102 valence electrons. The van der Waals surface area contributed by atoms with Crippen molar-refractivity contribution in [3.8, 4) is 0 Å². The van der Waals surface area contributed by atoms with E-state index in [0.29, 0.717) is 10.8 Å². The third kappa shape index (κ3) is 4.48. The maximum Gasteiger partial charge on any atom is -0.0150 e. The lowest BCUT2D eigenvalue weighted by molar-refractivity contribution is 0.185. The summed E-state index contributed by atoms with van der Waals surface area (Å²) in [6.07, 6.45) is 7.51. The monoisotopic (exact) mass is 238 g/mol. The van der Waals surface area contributed by atoms with Gasteiger partial charge in [0.2, 0.25) is 0 Å². The fourth-order valence-corrected chi connectivity index (χ4v) is 2.14. The van der Waals surface area contributed by atoms with Crippen molar-refractivity contribution >= 4 is 0 Å². The summed E-state index contributed by atoms with van der Waals surface area (Å²) < 4.78 is 0. The molecule has 0 N–H and O–H groups in total. The first kappa shape index (κ1) is 16.7. The first-order valence-electron chi connectivity index (χ1n) is 7.40. The zero-order valence-corrected chi connectivity index (χ0v) is 13.5. The van der Waals surface area contributed by atoms with Crippen LogP contribution in [-0.2, 0) is 0 Å². The molecule has 0 aliphatic rings. The summed E-state index contributed by atoms with van der Waals surface area (Å²) in [5.41, 5.74) is 2.43. The molecule has 0 nitrogen and oxygen atoms in total. The number of hydrogen-bond donors (Lipinski definition) is 0. The smallest absolute Gasteiger partial charge is 0.0150 e. The van der Waals surface area contributed by atoms with Gasteiger partial charge in [-0.25, -0.2) is 0 Å². The molecule has 0 bridgehead atoms. The third-order valence-electron chi connectivity index (χ3n) is 5.53. The highest BCUT2D eigenvalue weighted by Gasteiger charge is 2.26. The highest BCUT2D eigenvalue weighted by molar-refractivity contribution is 5.09. The van der Waals surface area contributed by atoms with Gasteiger partial charge in [-0.1, -0.05) is 73.0 Å². The van der Waals surface area contributed by atoms with E-state index in [0.717, 1.165) is 5.92 Å². The number of hydrogen-bond acceptors (Lipinski definition) is 0. The molecule has 0 heteroatoms. The lowest BCUT2D eigenvalue weighted by atomic mass is 9.71. The molecule has 0 aliphatic heterocycles. The molecule has 0 rings (SSSR count). The van der Waals surface area contributed by atoms with Gasteiger partial charge in [0.15, 0.2) is 0 Å². The second-order valence-corrected chi connectivity index (χ2v) is 6.62. The van der Waals surface area contributed by atoms with E-state index in [1.54, 1.807) is 5.57 Å². The standard InChI is InChI=1S/C17H34/c1-9-16(6,7)14(4)12-13-15(5)17(8,10-2)11-3/h12,15H,9-11,13H2,1-8H3. The summed E-state index contributed by atoms with van der Waals surface area (Å²) in [5.74, 6) is 0.778. The first-order chi connectivity index (χ1) is 7.73. The molecule has 0 radical (unpaired) electrons. The van der Waals surface area contributed by atoms with Crippen LogP contribution in [0, 0.1) is 16.7 Å². The van der Waals surface area contributed by atoms with E-state index in [9.17, 15) is 0 Å². The minimum Gasteiger partial charge on any atom is -0.0848 e. The first-order valence-corrected chi connectivity index (χ1v) is 7.40. The molecule has 0 heterocycles. The average molecular weight is 238 g/mol. The van der Waals surface area contributed by atoms with Crippen molar-refractivity contribution < 1.29 is 0 Å². The molecule has 1 unspecified atom stereocenters. The lowest BCUT2D eigenvalue weighted by Gasteiger charge is -2.34. The van der Waals surface area contributed by atoms with Crippen LogP contribution in [0.15, 0.2) is 11.6 Å².